The van der Waals surface area contributed by atoms with Gasteiger partial charge in [0.05, 0.1) is 13.0 Å². The van der Waals surface area contributed by atoms with Gasteiger partial charge >= 0.3 is 5.97 Å². The van der Waals surface area contributed by atoms with Gasteiger partial charge in [0.1, 0.15) is 0 Å². The quantitative estimate of drug-likeness (QED) is 0.851. The number of carbonyl (C=O) groups is 1. The fourth-order valence-electron chi connectivity index (χ4n) is 2.11. The van der Waals surface area contributed by atoms with Gasteiger partial charge < -0.3 is 10.5 Å². The molecule has 4 heteroatoms. The van der Waals surface area contributed by atoms with Gasteiger partial charge in [0, 0.05) is 11.1 Å². The Labute approximate surface area is 129 Å². The highest BCUT2D eigenvalue weighted by Crippen LogP contribution is 2.25. The number of esters is 1. The van der Waals surface area contributed by atoms with Crippen molar-refractivity contribution in [2.45, 2.75) is 19.4 Å². The monoisotopic (exact) mass is 303 g/mol. The Morgan fingerprint density at radius 3 is 2.57 bits per heavy atom. The van der Waals surface area contributed by atoms with Crippen molar-refractivity contribution < 1.29 is 9.53 Å². The third-order valence-electron chi connectivity index (χ3n) is 3.18. The molecule has 0 spiro atoms. The minimum atomic E-state index is -0.365. The Hall–Kier alpha value is -1.84. The summed E-state index contributed by atoms with van der Waals surface area (Å²) in [7, 11) is 0. The lowest BCUT2D eigenvalue weighted by Gasteiger charge is -2.13. The van der Waals surface area contributed by atoms with Gasteiger partial charge in [-0.15, -0.1) is 0 Å². The van der Waals surface area contributed by atoms with Crippen molar-refractivity contribution in [2.75, 3.05) is 6.61 Å². The van der Waals surface area contributed by atoms with Crippen LogP contribution in [0.5, 0.6) is 0 Å². The summed E-state index contributed by atoms with van der Waals surface area (Å²) < 4.78 is 4.93. The van der Waals surface area contributed by atoms with Crippen LogP contribution in [-0.4, -0.2) is 12.6 Å². The number of ether oxygens (including phenoxy) is 1. The molecule has 0 aliphatic rings. The maximum Gasteiger partial charge on any atom is 0.307 e. The first kappa shape index (κ1) is 15.5. The second-order valence-electron chi connectivity index (χ2n) is 4.75. The standard InChI is InChI=1S/C17H18ClNO2/c1-2-21-17(20)11-16(19)14-5-3-4-13(10-14)12-6-8-15(18)9-7-12/h3-10,16H,2,11,19H2,1H3. The summed E-state index contributed by atoms with van der Waals surface area (Å²) in [5.74, 6) is -0.276. The van der Waals surface area contributed by atoms with Crippen LogP contribution in [0.2, 0.25) is 5.02 Å². The van der Waals surface area contributed by atoms with E-state index in [9.17, 15) is 4.79 Å². The molecule has 21 heavy (non-hydrogen) atoms. The highest BCUT2D eigenvalue weighted by Gasteiger charge is 2.13. The predicted molar refractivity (Wildman–Crippen MR) is 85.1 cm³/mol. The SMILES string of the molecule is CCOC(=O)CC(N)c1cccc(-c2ccc(Cl)cc2)c1. The van der Waals surface area contributed by atoms with Crippen LogP contribution in [-0.2, 0) is 9.53 Å². The number of nitrogens with two attached hydrogens (primary N) is 1. The van der Waals surface area contributed by atoms with Crippen LogP contribution < -0.4 is 5.73 Å². The zero-order valence-electron chi connectivity index (χ0n) is 11.9. The number of hydrogen-bond acceptors (Lipinski definition) is 3. The van der Waals surface area contributed by atoms with Gasteiger partial charge in [-0.05, 0) is 41.8 Å². The average Bonchev–Trinajstić information content (AvgIpc) is 2.48. The highest BCUT2D eigenvalue weighted by atomic mass is 35.5. The fourth-order valence-corrected chi connectivity index (χ4v) is 2.23. The molecule has 110 valence electrons. The van der Waals surface area contributed by atoms with E-state index in [-0.39, 0.29) is 18.4 Å². The van der Waals surface area contributed by atoms with E-state index in [2.05, 4.69) is 0 Å². The molecule has 0 amide bonds. The Morgan fingerprint density at radius 2 is 1.90 bits per heavy atom. The van der Waals surface area contributed by atoms with E-state index in [1.54, 1.807) is 6.92 Å². The number of halogens is 1. The molecule has 0 aliphatic carbocycles. The molecule has 0 bridgehead atoms. The molecule has 0 aliphatic heterocycles. The van der Waals surface area contributed by atoms with Crippen molar-refractivity contribution >= 4 is 17.6 Å². The topological polar surface area (TPSA) is 52.3 Å². The van der Waals surface area contributed by atoms with Crippen molar-refractivity contribution in [1.29, 1.82) is 0 Å². The first-order valence-corrected chi connectivity index (χ1v) is 7.25. The fraction of sp³-hybridized carbons (Fsp3) is 0.235. The number of rotatable bonds is 5. The minimum absolute atomic E-state index is 0.178. The molecule has 0 saturated carbocycles. The van der Waals surface area contributed by atoms with Crippen molar-refractivity contribution in [3.8, 4) is 11.1 Å². The lowest BCUT2D eigenvalue weighted by Crippen LogP contribution is -2.17. The van der Waals surface area contributed by atoms with Gasteiger partial charge in [-0.25, -0.2) is 0 Å². The second-order valence-corrected chi connectivity index (χ2v) is 5.18. The molecule has 3 nitrogen and oxygen atoms in total. The lowest BCUT2D eigenvalue weighted by molar-refractivity contribution is -0.143. The zero-order chi connectivity index (χ0) is 15.2. The van der Waals surface area contributed by atoms with Crippen LogP contribution in [0.3, 0.4) is 0 Å². The Kier molecular flexibility index (Phi) is 5.37. The number of benzene rings is 2. The molecule has 0 aromatic heterocycles. The molecule has 2 aromatic carbocycles. The van der Waals surface area contributed by atoms with Crippen LogP contribution in [0.4, 0.5) is 0 Å². The van der Waals surface area contributed by atoms with Gasteiger partial charge in [0.25, 0.3) is 0 Å². The van der Waals surface area contributed by atoms with Gasteiger partial charge in [-0.2, -0.15) is 0 Å². The maximum absolute atomic E-state index is 11.5. The molecule has 0 heterocycles. The number of hydrogen-bond donors (Lipinski definition) is 1. The third-order valence-corrected chi connectivity index (χ3v) is 3.44. The number of carbonyl (C=O) groups excluding carboxylic acids is 1. The molecule has 2 N–H and O–H groups in total. The molecule has 2 aromatic rings. The highest BCUT2D eigenvalue weighted by molar-refractivity contribution is 6.30. The average molecular weight is 304 g/mol. The van der Waals surface area contributed by atoms with Crippen molar-refractivity contribution in [3.63, 3.8) is 0 Å². The zero-order valence-corrected chi connectivity index (χ0v) is 12.6. The summed E-state index contributed by atoms with van der Waals surface area (Å²) in [4.78, 5) is 11.5. The molecule has 0 radical (unpaired) electrons. The first-order valence-electron chi connectivity index (χ1n) is 6.87. The van der Waals surface area contributed by atoms with Crippen molar-refractivity contribution in [1.82, 2.24) is 0 Å². The van der Waals surface area contributed by atoms with E-state index < -0.39 is 0 Å². The van der Waals surface area contributed by atoms with Crippen LogP contribution in [0.1, 0.15) is 24.9 Å². The van der Waals surface area contributed by atoms with Gasteiger partial charge in [-0.3, -0.25) is 4.79 Å². The molecular formula is C17H18ClNO2. The van der Waals surface area contributed by atoms with Crippen LogP contribution in [0.15, 0.2) is 48.5 Å². The second kappa shape index (κ2) is 7.25. The van der Waals surface area contributed by atoms with E-state index in [0.717, 1.165) is 16.7 Å². The molecule has 2 rings (SSSR count). The van der Waals surface area contributed by atoms with Crippen LogP contribution in [0, 0.1) is 0 Å². The molecule has 1 unspecified atom stereocenters. The summed E-state index contributed by atoms with van der Waals surface area (Å²) in [6.07, 6.45) is 0.178. The Bertz CT molecular complexity index is 610. The summed E-state index contributed by atoms with van der Waals surface area (Å²) in [5, 5.41) is 0.703. The van der Waals surface area contributed by atoms with E-state index in [1.807, 2.05) is 48.5 Å². The summed E-state index contributed by atoms with van der Waals surface area (Å²) in [5.41, 5.74) is 9.09. The smallest absolute Gasteiger partial charge is 0.307 e. The first-order chi connectivity index (χ1) is 10.1. The Morgan fingerprint density at radius 1 is 1.19 bits per heavy atom. The van der Waals surface area contributed by atoms with Crippen LogP contribution in [0.25, 0.3) is 11.1 Å². The largest absolute Gasteiger partial charge is 0.466 e. The molecule has 0 saturated heterocycles. The maximum atomic E-state index is 11.5. The van der Waals surface area contributed by atoms with Crippen molar-refractivity contribution in [2.24, 2.45) is 5.73 Å². The summed E-state index contributed by atoms with van der Waals surface area (Å²) in [6, 6.07) is 15.1. The molecule has 0 fully saturated rings. The Balaban J connectivity index is 2.17. The minimum Gasteiger partial charge on any atom is -0.466 e. The van der Waals surface area contributed by atoms with E-state index in [1.165, 1.54) is 0 Å². The normalized spacial score (nSPS) is 12.0. The third kappa shape index (κ3) is 4.31. The van der Waals surface area contributed by atoms with Gasteiger partial charge in [-0.1, -0.05) is 41.9 Å². The van der Waals surface area contributed by atoms with E-state index >= 15 is 0 Å². The lowest BCUT2D eigenvalue weighted by atomic mass is 9.98. The summed E-state index contributed by atoms with van der Waals surface area (Å²) >= 11 is 5.90. The molecular weight excluding hydrogens is 286 g/mol. The van der Waals surface area contributed by atoms with E-state index in [0.29, 0.717) is 11.6 Å². The van der Waals surface area contributed by atoms with Gasteiger partial charge in [0.2, 0.25) is 0 Å². The predicted octanol–water partition coefficient (Wildman–Crippen LogP) is 3.96. The molecule has 1 atom stereocenters. The van der Waals surface area contributed by atoms with E-state index in [4.69, 9.17) is 22.1 Å². The van der Waals surface area contributed by atoms with Crippen molar-refractivity contribution in [3.05, 3.63) is 59.1 Å². The van der Waals surface area contributed by atoms with Gasteiger partial charge in [0.15, 0.2) is 0 Å². The summed E-state index contributed by atoms with van der Waals surface area (Å²) in [6.45, 7) is 2.15. The van der Waals surface area contributed by atoms with Crippen LogP contribution >= 0.6 is 11.6 Å².